The fraction of sp³-hybridized carbons (Fsp3) is 0.474. The molecule has 1 saturated heterocycles. The predicted molar refractivity (Wildman–Crippen MR) is 102 cm³/mol. The van der Waals surface area contributed by atoms with Gasteiger partial charge in [0.15, 0.2) is 0 Å². The number of carbonyl (C=O) groups is 1. The van der Waals surface area contributed by atoms with Gasteiger partial charge in [-0.3, -0.25) is 4.79 Å². The molecule has 0 bridgehead atoms. The molecule has 138 valence electrons. The molecule has 1 fully saturated rings. The highest BCUT2D eigenvalue weighted by atomic mass is 16.2. The molecule has 0 aliphatic carbocycles. The lowest BCUT2D eigenvalue weighted by Gasteiger charge is -2.22. The summed E-state index contributed by atoms with van der Waals surface area (Å²) in [4.78, 5) is 29.8. The van der Waals surface area contributed by atoms with Crippen LogP contribution in [0.15, 0.2) is 36.8 Å². The number of carbonyl (C=O) groups excluding carboxylic acids is 1. The Hall–Kier alpha value is -2.70. The molecule has 1 aliphatic heterocycles. The number of amides is 1. The minimum Gasteiger partial charge on any atom is -0.370 e. The number of anilines is 2. The third kappa shape index (κ3) is 4.68. The van der Waals surface area contributed by atoms with E-state index in [1.165, 1.54) is 0 Å². The molecule has 3 rings (SSSR count). The van der Waals surface area contributed by atoms with E-state index in [0.717, 1.165) is 57.2 Å². The molecule has 3 heterocycles. The van der Waals surface area contributed by atoms with Crippen molar-refractivity contribution in [2.75, 3.05) is 42.9 Å². The van der Waals surface area contributed by atoms with Crippen LogP contribution in [-0.4, -0.2) is 58.5 Å². The van der Waals surface area contributed by atoms with E-state index >= 15 is 0 Å². The lowest BCUT2D eigenvalue weighted by atomic mass is 10.2. The minimum absolute atomic E-state index is 0.0356. The zero-order chi connectivity index (χ0) is 18.2. The summed E-state index contributed by atoms with van der Waals surface area (Å²) in [5, 5.41) is 3.27. The van der Waals surface area contributed by atoms with Gasteiger partial charge in [-0.1, -0.05) is 13.3 Å². The second-order valence-corrected chi connectivity index (χ2v) is 6.39. The van der Waals surface area contributed by atoms with Gasteiger partial charge in [0.25, 0.3) is 5.91 Å². The van der Waals surface area contributed by atoms with Crippen LogP contribution < -0.4 is 10.2 Å². The largest absolute Gasteiger partial charge is 0.370 e. The van der Waals surface area contributed by atoms with E-state index in [-0.39, 0.29) is 5.91 Å². The maximum Gasteiger partial charge on any atom is 0.255 e. The van der Waals surface area contributed by atoms with Crippen molar-refractivity contribution < 1.29 is 4.79 Å². The summed E-state index contributed by atoms with van der Waals surface area (Å²) in [6.07, 6.45) is 8.31. The summed E-state index contributed by atoms with van der Waals surface area (Å²) < 4.78 is 0. The molecule has 26 heavy (non-hydrogen) atoms. The third-order valence-electron chi connectivity index (χ3n) is 4.46. The van der Waals surface area contributed by atoms with Crippen molar-refractivity contribution >= 4 is 17.7 Å². The first kappa shape index (κ1) is 18.1. The van der Waals surface area contributed by atoms with Crippen molar-refractivity contribution in [3.05, 3.63) is 42.4 Å². The Morgan fingerprint density at radius 1 is 1.12 bits per heavy atom. The number of nitrogens with zero attached hydrogens (tertiary/aromatic N) is 5. The van der Waals surface area contributed by atoms with Crippen LogP contribution in [0.3, 0.4) is 0 Å². The van der Waals surface area contributed by atoms with Crippen LogP contribution >= 0.6 is 0 Å². The maximum atomic E-state index is 12.8. The number of nitrogens with one attached hydrogen (secondary N) is 1. The highest BCUT2D eigenvalue weighted by Gasteiger charge is 2.21. The number of pyridine rings is 1. The van der Waals surface area contributed by atoms with Gasteiger partial charge in [-0.05, 0) is 31.0 Å². The smallest absolute Gasteiger partial charge is 0.255 e. The van der Waals surface area contributed by atoms with Gasteiger partial charge in [0.05, 0.1) is 5.56 Å². The van der Waals surface area contributed by atoms with Crippen molar-refractivity contribution in [3.8, 4) is 0 Å². The molecule has 2 aromatic rings. The Morgan fingerprint density at radius 3 is 2.69 bits per heavy atom. The van der Waals surface area contributed by atoms with Gasteiger partial charge in [0, 0.05) is 51.3 Å². The van der Waals surface area contributed by atoms with Crippen LogP contribution in [-0.2, 0) is 0 Å². The zero-order valence-corrected chi connectivity index (χ0v) is 15.3. The molecule has 1 N–H and O–H groups in total. The van der Waals surface area contributed by atoms with E-state index in [1.807, 2.05) is 23.1 Å². The molecule has 1 amide bonds. The first-order chi connectivity index (χ1) is 12.8. The van der Waals surface area contributed by atoms with E-state index in [0.29, 0.717) is 12.1 Å². The molecule has 0 saturated carbocycles. The summed E-state index contributed by atoms with van der Waals surface area (Å²) in [5.74, 6) is 1.58. The Bertz CT molecular complexity index is 691. The van der Waals surface area contributed by atoms with Gasteiger partial charge in [-0.15, -0.1) is 0 Å². The normalized spacial score (nSPS) is 14.8. The van der Waals surface area contributed by atoms with E-state index in [1.54, 1.807) is 18.6 Å². The summed E-state index contributed by atoms with van der Waals surface area (Å²) in [7, 11) is 0. The number of hydrogen-bond acceptors (Lipinski definition) is 6. The van der Waals surface area contributed by atoms with Gasteiger partial charge >= 0.3 is 0 Å². The van der Waals surface area contributed by atoms with Crippen LogP contribution in [0.5, 0.6) is 0 Å². The van der Waals surface area contributed by atoms with Gasteiger partial charge in [0.2, 0.25) is 5.95 Å². The minimum atomic E-state index is 0.0356. The molecule has 0 spiro atoms. The maximum absolute atomic E-state index is 12.8. The number of unbranched alkanes of at least 4 members (excludes halogenated alkanes) is 1. The van der Waals surface area contributed by atoms with Gasteiger partial charge in [-0.2, -0.15) is 0 Å². The molecule has 7 nitrogen and oxygen atoms in total. The lowest BCUT2D eigenvalue weighted by molar-refractivity contribution is 0.0766. The SMILES string of the molecule is CCCCNc1ccc(C(=O)N2CCCN(c3ncccn3)CC2)cn1. The quantitative estimate of drug-likeness (QED) is 0.803. The highest BCUT2D eigenvalue weighted by molar-refractivity contribution is 5.94. The van der Waals surface area contributed by atoms with Gasteiger partial charge in [0.1, 0.15) is 5.82 Å². The standard InChI is InChI=1S/C19H26N6O/c1-2-3-8-20-17-7-6-16(15-23-17)18(26)24-11-5-12-25(14-13-24)19-21-9-4-10-22-19/h4,6-7,9-10,15H,2-3,5,8,11-14H2,1H3,(H,20,23). The van der Waals surface area contributed by atoms with Crippen LogP contribution in [0, 0.1) is 0 Å². The summed E-state index contributed by atoms with van der Waals surface area (Å²) >= 11 is 0. The fourth-order valence-corrected chi connectivity index (χ4v) is 2.98. The molecular weight excluding hydrogens is 328 g/mol. The van der Waals surface area contributed by atoms with Crippen molar-refractivity contribution in [2.24, 2.45) is 0 Å². The van der Waals surface area contributed by atoms with E-state index in [4.69, 9.17) is 0 Å². The number of hydrogen-bond donors (Lipinski definition) is 1. The Labute approximate surface area is 154 Å². The fourth-order valence-electron chi connectivity index (χ4n) is 2.98. The number of aromatic nitrogens is 3. The first-order valence-electron chi connectivity index (χ1n) is 9.29. The summed E-state index contributed by atoms with van der Waals surface area (Å²) in [6.45, 7) is 6.04. The zero-order valence-electron chi connectivity index (χ0n) is 15.3. The molecular formula is C19H26N6O. The number of rotatable bonds is 6. The lowest BCUT2D eigenvalue weighted by Crippen LogP contribution is -2.35. The molecule has 0 atom stereocenters. The van der Waals surface area contributed by atoms with Crippen LogP contribution in [0.25, 0.3) is 0 Å². The van der Waals surface area contributed by atoms with Crippen molar-refractivity contribution in [1.82, 2.24) is 19.9 Å². The predicted octanol–water partition coefficient (Wildman–Crippen LogP) is 2.44. The summed E-state index contributed by atoms with van der Waals surface area (Å²) in [6, 6.07) is 5.54. The van der Waals surface area contributed by atoms with Crippen LogP contribution in [0.4, 0.5) is 11.8 Å². The van der Waals surface area contributed by atoms with Crippen molar-refractivity contribution in [1.29, 1.82) is 0 Å². The monoisotopic (exact) mass is 354 g/mol. The molecule has 7 heteroatoms. The Kier molecular flexibility index (Phi) is 6.35. The topological polar surface area (TPSA) is 74.2 Å². The average Bonchev–Trinajstić information content (AvgIpc) is 2.95. The molecule has 0 unspecified atom stereocenters. The summed E-state index contributed by atoms with van der Waals surface area (Å²) in [5.41, 5.74) is 0.635. The molecule has 2 aromatic heterocycles. The first-order valence-corrected chi connectivity index (χ1v) is 9.29. The van der Waals surface area contributed by atoms with Crippen molar-refractivity contribution in [2.45, 2.75) is 26.2 Å². The van der Waals surface area contributed by atoms with E-state index in [9.17, 15) is 4.79 Å². The second-order valence-electron chi connectivity index (χ2n) is 6.39. The van der Waals surface area contributed by atoms with Gasteiger partial charge in [-0.25, -0.2) is 15.0 Å². The van der Waals surface area contributed by atoms with Crippen LogP contribution in [0.2, 0.25) is 0 Å². The van der Waals surface area contributed by atoms with E-state index in [2.05, 4.69) is 32.1 Å². The Morgan fingerprint density at radius 2 is 1.96 bits per heavy atom. The molecule has 0 radical (unpaired) electrons. The Balaban J connectivity index is 1.58. The highest BCUT2D eigenvalue weighted by Crippen LogP contribution is 2.13. The van der Waals surface area contributed by atoms with E-state index < -0.39 is 0 Å². The average molecular weight is 354 g/mol. The van der Waals surface area contributed by atoms with Gasteiger partial charge < -0.3 is 15.1 Å². The second kappa shape index (κ2) is 9.12. The van der Waals surface area contributed by atoms with Crippen LogP contribution in [0.1, 0.15) is 36.5 Å². The molecule has 1 aliphatic rings. The molecule has 0 aromatic carbocycles. The van der Waals surface area contributed by atoms with Crippen molar-refractivity contribution in [3.63, 3.8) is 0 Å². The third-order valence-corrected chi connectivity index (χ3v) is 4.46.